The summed E-state index contributed by atoms with van der Waals surface area (Å²) in [7, 11) is 0. The molecule has 0 radical (unpaired) electrons. The second-order valence-corrected chi connectivity index (χ2v) is 5.52. The van der Waals surface area contributed by atoms with Crippen molar-refractivity contribution in [1.29, 1.82) is 0 Å². The van der Waals surface area contributed by atoms with Gasteiger partial charge in [-0.05, 0) is 24.3 Å². The number of hydrogen-bond acceptors (Lipinski definition) is 4. The monoisotopic (exact) mass is 305 g/mol. The van der Waals surface area contributed by atoms with Crippen LogP contribution in [0.5, 0.6) is 0 Å². The van der Waals surface area contributed by atoms with Crippen LogP contribution in [0.3, 0.4) is 0 Å². The first-order valence-electron chi connectivity index (χ1n) is 5.65. The van der Waals surface area contributed by atoms with E-state index in [0.717, 1.165) is 4.70 Å². The Labute approximate surface area is 122 Å². The minimum Gasteiger partial charge on any atom is -0.365 e. The van der Waals surface area contributed by atoms with E-state index in [1.54, 1.807) is 12.1 Å². The summed E-state index contributed by atoms with van der Waals surface area (Å²) in [5.41, 5.74) is 5.71. The van der Waals surface area contributed by atoms with Gasteiger partial charge in [-0.15, -0.1) is 11.3 Å². The molecule has 0 fully saturated rings. The minimum atomic E-state index is -0.759. The lowest BCUT2D eigenvalue weighted by Crippen LogP contribution is -2.23. The quantitative estimate of drug-likeness (QED) is 0.762. The Morgan fingerprint density at radius 3 is 2.75 bits per heavy atom. The minimum absolute atomic E-state index is 0.0760. The molecule has 0 saturated heterocycles. The second kappa shape index (κ2) is 4.73. The average Bonchev–Trinajstić information content (AvgIpc) is 2.83. The zero-order valence-corrected chi connectivity index (χ0v) is 11.6. The highest BCUT2D eigenvalue weighted by Crippen LogP contribution is 2.32. The predicted molar refractivity (Wildman–Crippen MR) is 79.2 cm³/mol. The Kier molecular flexibility index (Phi) is 3.04. The number of nitrogens with one attached hydrogen (secondary N) is 1. The van der Waals surface area contributed by atoms with Gasteiger partial charge in [0, 0.05) is 0 Å². The Morgan fingerprint density at radius 1 is 1.30 bits per heavy atom. The Balaban J connectivity index is 2.16. The first-order chi connectivity index (χ1) is 9.56. The Bertz CT molecular complexity index is 885. The number of halogens is 1. The average molecular weight is 306 g/mol. The molecule has 0 spiro atoms. The van der Waals surface area contributed by atoms with Crippen LogP contribution in [-0.4, -0.2) is 15.9 Å². The number of para-hydroxylation sites is 1. The van der Waals surface area contributed by atoms with Crippen molar-refractivity contribution in [3.8, 4) is 10.7 Å². The van der Waals surface area contributed by atoms with E-state index in [4.69, 9.17) is 17.3 Å². The van der Waals surface area contributed by atoms with E-state index in [9.17, 15) is 9.59 Å². The first kappa shape index (κ1) is 12.8. The van der Waals surface area contributed by atoms with Gasteiger partial charge in [-0.2, -0.15) is 0 Å². The topological polar surface area (TPSA) is 88.8 Å². The first-order valence-corrected chi connectivity index (χ1v) is 6.84. The highest BCUT2D eigenvalue weighted by atomic mass is 35.5. The normalized spacial score (nSPS) is 10.8. The summed E-state index contributed by atoms with van der Waals surface area (Å²) in [4.78, 5) is 29.8. The number of aromatic nitrogens is 2. The molecule has 0 atom stereocenters. The number of fused-ring (bicyclic) bond motifs is 1. The van der Waals surface area contributed by atoms with E-state index < -0.39 is 11.5 Å². The Morgan fingerprint density at radius 2 is 2.10 bits per heavy atom. The molecule has 3 aromatic rings. The second-order valence-electron chi connectivity index (χ2n) is 4.08. The van der Waals surface area contributed by atoms with Crippen LogP contribution in [0, 0.1) is 0 Å². The van der Waals surface area contributed by atoms with Crippen LogP contribution in [0.15, 0.2) is 35.1 Å². The van der Waals surface area contributed by atoms with Crippen molar-refractivity contribution >= 4 is 39.1 Å². The number of primary amides is 1. The van der Waals surface area contributed by atoms with Gasteiger partial charge in [0.2, 0.25) is 0 Å². The number of pyridine rings is 1. The van der Waals surface area contributed by atoms with Gasteiger partial charge in [0.15, 0.2) is 0 Å². The van der Waals surface area contributed by atoms with Crippen molar-refractivity contribution in [1.82, 2.24) is 9.97 Å². The third-order valence-electron chi connectivity index (χ3n) is 2.78. The number of thiazole rings is 1. The molecule has 20 heavy (non-hydrogen) atoms. The largest absolute Gasteiger partial charge is 0.365 e. The van der Waals surface area contributed by atoms with Crippen molar-refractivity contribution in [2.75, 3.05) is 0 Å². The molecule has 1 aromatic carbocycles. The van der Waals surface area contributed by atoms with Crippen LogP contribution in [0.4, 0.5) is 0 Å². The van der Waals surface area contributed by atoms with Crippen molar-refractivity contribution in [3.05, 3.63) is 51.3 Å². The van der Waals surface area contributed by atoms with E-state index >= 15 is 0 Å². The number of hydrogen-bond donors (Lipinski definition) is 2. The summed E-state index contributed by atoms with van der Waals surface area (Å²) < 4.78 is 0.923. The van der Waals surface area contributed by atoms with Crippen LogP contribution in [0.1, 0.15) is 10.4 Å². The lowest BCUT2D eigenvalue weighted by Gasteiger charge is -1.98. The molecule has 0 bridgehead atoms. The third-order valence-corrected chi connectivity index (χ3v) is 4.13. The molecule has 7 heteroatoms. The summed E-state index contributed by atoms with van der Waals surface area (Å²) in [5.74, 6) is -0.759. The van der Waals surface area contributed by atoms with Crippen LogP contribution >= 0.6 is 22.9 Å². The van der Waals surface area contributed by atoms with E-state index in [0.29, 0.717) is 21.2 Å². The molecule has 3 rings (SSSR count). The highest BCUT2D eigenvalue weighted by molar-refractivity contribution is 7.21. The van der Waals surface area contributed by atoms with E-state index in [1.165, 1.54) is 17.4 Å². The van der Waals surface area contributed by atoms with Gasteiger partial charge in [0.25, 0.3) is 11.5 Å². The van der Waals surface area contributed by atoms with Gasteiger partial charge in [-0.3, -0.25) is 9.59 Å². The fourth-order valence-corrected chi connectivity index (χ4v) is 3.07. The number of rotatable bonds is 2. The summed E-state index contributed by atoms with van der Waals surface area (Å²) in [6.45, 7) is 0. The molecular weight excluding hydrogens is 298 g/mol. The molecule has 2 aromatic heterocycles. The molecular formula is C13H8ClN3O2S. The summed E-state index contributed by atoms with van der Waals surface area (Å²) in [5, 5.41) is 1.18. The number of aromatic amines is 1. The smallest absolute Gasteiger partial charge is 0.261 e. The van der Waals surface area contributed by atoms with Crippen LogP contribution in [-0.2, 0) is 0 Å². The fraction of sp³-hybridized carbons (Fsp3) is 0. The molecule has 5 nitrogen and oxygen atoms in total. The highest BCUT2D eigenvalue weighted by Gasteiger charge is 2.12. The number of carbonyl (C=O) groups excluding carboxylic acids is 1. The molecule has 0 unspecified atom stereocenters. The summed E-state index contributed by atoms with van der Waals surface area (Å²) >= 11 is 7.47. The van der Waals surface area contributed by atoms with Gasteiger partial charge >= 0.3 is 0 Å². The predicted octanol–water partition coefficient (Wildman–Crippen LogP) is 2.40. The third kappa shape index (κ3) is 2.09. The summed E-state index contributed by atoms with van der Waals surface area (Å²) in [6.07, 6.45) is 0. The Hall–Kier alpha value is -2.18. The molecule has 3 N–H and O–H groups in total. The zero-order valence-electron chi connectivity index (χ0n) is 10.0. The molecule has 0 saturated carbocycles. The molecule has 100 valence electrons. The van der Waals surface area contributed by atoms with Gasteiger partial charge < -0.3 is 10.7 Å². The van der Waals surface area contributed by atoms with Crippen molar-refractivity contribution < 1.29 is 4.79 Å². The number of benzene rings is 1. The van der Waals surface area contributed by atoms with Crippen molar-refractivity contribution in [2.24, 2.45) is 5.73 Å². The van der Waals surface area contributed by atoms with Gasteiger partial charge in [0.05, 0.1) is 15.4 Å². The van der Waals surface area contributed by atoms with E-state index in [1.807, 2.05) is 12.1 Å². The molecule has 1 amide bonds. The number of amides is 1. The standard InChI is InChI=1S/C13H8ClN3O2S/c14-7-2-1-3-9-10(7)17-13(20-9)8-5-4-6(11(15)18)12(19)16-8/h1-5H,(H2,15,18)(H,16,19). The number of nitrogens with zero attached hydrogens (tertiary/aromatic N) is 1. The zero-order chi connectivity index (χ0) is 14.3. The number of H-pyrrole nitrogens is 1. The number of carbonyl (C=O) groups is 1. The van der Waals surface area contributed by atoms with Gasteiger partial charge in [0.1, 0.15) is 16.1 Å². The van der Waals surface area contributed by atoms with E-state index in [2.05, 4.69) is 9.97 Å². The molecule has 0 aliphatic rings. The molecule has 0 aliphatic heterocycles. The van der Waals surface area contributed by atoms with E-state index in [-0.39, 0.29) is 5.56 Å². The maximum Gasteiger partial charge on any atom is 0.261 e. The van der Waals surface area contributed by atoms with Crippen LogP contribution in [0.25, 0.3) is 20.9 Å². The maximum atomic E-state index is 11.7. The molecule has 2 heterocycles. The molecule has 0 aliphatic carbocycles. The van der Waals surface area contributed by atoms with Crippen molar-refractivity contribution in [3.63, 3.8) is 0 Å². The fourth-order valence-electron chi connectivity index (χ4n) is 1.82. The van der Waals surface area contributed by atoms with Gasteiger partial charge in [-0.1, -0.05) is 17.7 Å². The lowest BCUT2D eigenvalue weighted by molar-refractivity contribution is 0.0999. The van der Waals surface area contributed by atoms with Crippen molar-refractivity contribution in [2.45, 2.75) is 0 Å². The number of nitrogens with two attached hydrogens (primary N) is 1. The van der Waals surface area contributed by atoms with Crippen LogP contribution < -0.4 is 11.3 Å². The summed E-state index contributed by atoms with van der Waals surface area (Å²) in [6, 6.07) is 8.49. The lowest BCUT2D eigenvalue weighted by atomic mass is 10.2. The van der Waals surface area contributed by atoms with Crippen LogP contribution in [0.2, 0.25) is 5.02 Å². The van der Waals surface area contributed by atoms with Gasteiger partial charge in [-0.25, -0.2) is 4.98 Å². The maximum absolute atomic E-state index is 11.7. The SMILES string of the molecule is NC(=O)c1ccc(-c2nc3c(Cl)cccc3s2)[nH]c1=O.